The average molecular weight is 276 g/mol. The van der Waals surface area contributed by atoms with Crippen LogP contribution in [0, 0.1) is 0 Å². The van der Waals surface area contributed by atoms with E-state index in [0.29, 0.717) is 19.0 Å². The van der Waals surface area contributed by atoms with Gasteiger partial charge in [-0.25, -0.2) is 4.79 Å². The molecule has 0 unspecified atom stereocenters. The number of amides is 2. The molecule has 1 fully saturated rings. The third-order valence-corrected chi connectivity index (χ3v) is 3.52. The predicted octanol–water partition coefficient (Wildman–Crippen LogP) is 2.23. The summed E-state index contributed by atoms with van der Waals surface area (Å²) in [5.74, 6) is 0.384. The van der Waals surface area contributed by atoms with Crippen LogP contribution >= 0.6 is 0 Å². The van der Waals surface area contributed by atoms with Crippen LogP contribution in [0.15, 0.2) is 24.3 Å². The summed E-state index contributed by atoms with van der Waals surface area (Å²) in [7, 11) is 1.32. The van der Waals surface area contributed by atoms with Crippen molar-refractivity contribution < 1.29 is 14.3 Å². The molecule has 0 spiro atoms. The number of anilines is 1. The maximum absolute atomic E-state index is 12.1. The highest BCUT2D eigenvalue weighted by atomic mass is 16.5. The summed E-state index contributed by atoms with van der Waals surface area (Å²) in [6.07, 6.45) is -0.451. The zero-order chi connectivity index (χ0) is 14.7. The third-order valence-electron chi connectivity index (χ3n) is 3.52. The quantitative estimate of drug-likeness (QED) is 0.832. The van der Waals surface area contributed by atoms with Gasteiger partial charge in [-0.15, -0.1) is 0 Å². The van der Waals surface area contributed by atoms with E-state index in [-0.39, 0.29) is 12.5 Å². The standard InChI is InChI=1S/C15H20N2O3/c1-11(2)12-4-6-13(7-5-12)17-9-8-16(10-14(17)18)15(19)20-3/h4-7,11H,8-10H2,1-3H3. The fraction of sp³-hybridized carbons (Fsp3) is 0.467. The van der Waals surface area contributed by atoms with Crippen LogP contribution in [0.4, 0.5) is 10.5 Å². The number of methoxy groups -OCH3 is 1. The number of nitrogens with zero attached hydrogens (tertiary/aromatic N) is 2. The van der Waals surface area contributed by atoms with E-state index in [9.17, 15) is 9.59 Å². The van der Waals surface area contributed by atoms with E-state index in [0.717, 1.165) is 5.69 Å². The molecule has 20 heavy (non-hydrogen) atoms. The third kappa shape index (κ3) is 2.92. The molecule has 1 aromatic carbocycles. The molecule has 2 rings (SSSR count). The van der Waals surface area contributed by atoms with Crippen molar-refractivity contribution >= 4 is 17.7 Å². The second-order valence-corrected chi connectivity index (χ2v) is 5.18. The maximum Gasteiger partial charge on any atom is 0.410 e. The van der Waals surface area contributed by atoms with Gasteiger partial charge in [0.2, 0.25) is 5.91 Å². The molecular formula is C15H20N2O3. The lowest BCUT2D eigenvalue weighted by Crippen LogP contribution is -2.52. The highest BCUT2D eigenvalue weighted by Gasteiger charge is 2.28. The van der Waals surface area contributed by atoms with Crippen molar-refractivity contribution in [2.24, 2.45) is 0 Å². The highest BCUT2D eigenvalue weighted by molar-refractivity contribution is 5.97. The lowest BCUT2D eigenvalue weighted by Gasteiger charge is -2.33. The lowest BCUT2D eigenvalue weighted by molar-refractivity contribution is -0.120. The fourth-order valence-corrected chi connectivity index (χ4v) is 2.27. The fourth-order valence-electron chi connectivity index (χ4n) is 2.27. The molecule has 2 amide bonds. The van der Waals surface area contributed by atoms with Gasteiger partial charge in [0.05, 0.1) is 7.11 Å². The largest absolute Gasteiger partial charge is 0.453 e. The van der Waals surface area contributed by atoms with Crippen LogP contribution in [0.5, 0.6) is 0 Å². The molecule has 0 N–H and O–H groups in total. The minimum atomic E-state index is -0.451. The molecule has 1 aliphatic heterocycles. The van der Waals surface area contributed by atoms with Crippen LogP contribution in [-0.2, 0) is 9.53 Å². The van der Waals surface area contributed by atoms with E-state index in [1.54, 1.807) is 4.90 Å². The van der Waals surface area contributed by atoms with Gasteiger partial charge in [-0.2, -0.15) is 0 Å². The number of carbonyl (C=O) groups is 2. The molecule has 0 aliphatic carbocycles. The second kappa shape index (κ2) is 5.94. The van der Waals surface area contributed by atoms with Crippen molar-refractivity contribution in [1.82, 2.24) is 4.90 Å². The summed E-state index contributed by atoms with van der Waals surface area (Å²) in [6.45, 7) is 5.32. The van der Waals surface area contributed by atoms with Gasteiger partial charge in [0.1, 0.15) is 6.54 Å². The average Bonchev–Trinajstić information content (AvgIpc) is 2.46. The van der Waals surface area contributed by atoms with Crippen molar-refractivity contribution in [3.05, 3.63) is 29.8 Å². The molecule has 0 radical (unpaired) electrons. The molecule has 0 aromatic heterocycles. The first-order valence-electron chi connectivity index (χ1n) is 6.76. The Morgan fingerprint density at radius 1 is 1.20 bits per heavy atom. The van der Waals surface area contributed by atoms with Gasteiger partial charge in [-0.05, 0) is 23.6 Å². The van der Waals surface area contributed by atoms with Crippen LogP contribution in [-0.4, -0.2) is 43.6 Å². The zero-order valence-corrected chi connectivity index (χ0v) is 12.1. The SMILES string of the molecule is COC(=O)N1CCN(c2ccc(C(C)C)cc2)C(=O)C1. The Bertz CT molecular complexity index is 496. The van der Waals surface area contributed by atoms with E-state index in [2.05, 4.69) is 18.6 Å². The Morgan fingerprint density at radius 2 is 1.85 bits per heavy atom. The summed E-state index contributed by atoms with van der Waals surface area (Å²) in [5, 5.41) is 0. The number of ether oxygens (including phenoxy) is 1. The molecule has 1 saturated heterocycles. The number of benzene rings is 1. The van der Waals surface area contributed by atoms with E-state index >= 15 is 0 Å². The van der Waals surface area contributed by atoms with E-state index < -0.39 is 6.09 Å². The number of piperazine rings is 1. The van der Waals surface area contributed by atoms with Crippen LogP contribution in [0.25, 0.3) is 0 Å². The van der Waals surface area contributed by atoms with Gasteiger partial charge in [0.25, 0.3) is 0 Å². The first-order chi connectivity index (χ1) is 9.52. The van der Waals surface area contributed by atoms with E-state index in [1.807, 2.05) is 24.3 Å². The van der Waals surface area contributed by atoms with Crippen LogP contribution in [0.1, 0.15) is 25.3 Å². The predicted molar refractivity (Wildman–Crippen MR) is 76.9 cm³/mol. The van der Waals surface area contributed by atoms with Gasteiger partial charge >= 0.3 is 6.09 Å². The Morgan fingerprint density at radius 3 is 2.35 bits per heavy atom. The highest BCUT2D eigenvalue weighted by Crippen LogP contribution is 2.21. The van der Waals surface area contributed by atoms with E-state index in [1.165, 1.54) is 17.6 Å². The van der Waals surface area contributed by atoms with Crippen molar-refractivity contribution in [2.75, 3.05) is 31.6 Å². The first-order valence-corrected chi connectivity index (χ1v) is 6.76. The minimum absolute atomic E-state index is 0.0681. The molecule has 5 nitrogen and oxygen atoms in total. The van der Waals surface area contributed by atoms with Gasteiger partial charge in [-0.1, -0.05) is 26.0 Å². The molecule has 1 heterocycles. The van der Waals surface area contributed by atoms with Gasteiger partial charge in [-0.3, -0.25) is 9.69 Å². The summed E-state index contributed by atoms with van der Waals surface area (Å²) >= 11 is 0. The lowest BCUT2D eigenvalue weighted by atomic mass is 10.0. The normalized spacial score (nSPS) is 15.7. The van der Waals surface area contributed by atoms with Crippen molar-refractivity contribution in [3.8, 4) is 0 Å². The van der Waals surface area contributed by atoms with Crippen molar-refractivity contribution in [1.29, 1.82) is 0 Å². The monoisotopic (exact) mass is 276 g/mol. The molecule has 1 aliphatic rings. The molecule has 1 aromatic rings. The molecule has 0 atom stereocenters. The Balaban J connectivity index is 2.07. The Hall–Kier alpha value is -2.04. The smallest absolute Gasteiger partial charge is 0.410 e. The van der Waals surface area contributed by atoms with Crippen LogP contribution in [0.3, 0.4) is 0 Å². The molecule has 108 valence electrons. The van der Waals surface area contributed by atoms with E-state index in [4.69, 9.17) is 0 Å². The summed E-state index contributed by atoms with van der Waals surface area (Å²) in [6, 6.07) is 8.00. The molecular weight excluding hydrogens is 256 g/mol. The number of hydrogen-bond acceptors (Lipinski definition) is 3. The molecule has 5 heteroatoms. The van der Waals surface area contributed by atoms with Gasteiger partial charge < -0.3 is 9.64 Å². The summed E-state index contributed by atoms with van der Waals surface area (Å²) in [4.78, 5) is 26.7. The Kier molecular flexibility index (Phi) is 4.27. The summed E-state index contributed by atoms with van der Waals surface area (Å²) < 4.78 is 4.64. The first kappa shape index (κ1) is 14.4. The molecule has 0 saturated carbocycles. The minimum Gasteiger partial charge on any atom is -0.453 e. The van der Waals surface area contributed by atoms with Gasteiger partial charge in [0.15, 0.2) is 0 Å². The summed E-state index contributed by atoms with van der Waals surface area (Å²) in [5.41, 5.74) is 2.12. The van der Waals surface area contributed by atoms with Gasteiger partial charge in [0, 0.05) is 18.8 Å². The topological polar surface area (TPSA) is 49.9 Å². The van der Waals surface area contributed by atoms with Crippen LogP contribution in [0.2, 0.25) is 0 Å². The molecule has 0 bridgehead atoms. The number of hydrogen-bond donors (Lipinski definition) is 0. The van der Waals surface area contributed by atoms with Crippen molar-refractivity contribution in [2.45, 2.75) is 19.8 Å². The number of carbonyl (C=O) groups excluding carboxylic acids is 2. The zero-order valence-electron chi connectivity index (χ0n) is 12.1. The van der Waals surface area contributed by atoms with Crippen LogP contribution < -0.4 is 4.90 Å². The maximum atomic E-state index is 12.1. The number of rotatable bonds is 2. The Labute approximate surface area is 119 Å². The van der Waals surface area contributed by atoms with Crippen molar-refractivity contribution in [3.63, 3.8) is 0 Å². The second-order valence-electron chi connectivity index (χ2n) is 5.18.